The molecular formula is C58H50N4O. The van der Waals surface area contributed by atoms with Gasteiger partial charge in [0.1, 0.15) is 18.0 Å². The van der Waals surface area contributed by atoms with Crippen molar-refractivity contribution >= 4 is 28.8 Å². The van der Waals surface area contributed by atoms with Crippen molar-refractivity contribution < 1.29 is 4.74 Å². The fraction of sp³-hybridized carbons (Fsp3) is 0.172. The maximum Gasteiger partial charge on any atom is 0.128 e. The van der Waals surface area contributed by atoms with Gasteiger partial charge in [0, 0.05) is 40.0 Å². The average Bonchev–Trinajstić information content (AvgIpc) is 3.90. The quantitative estimate of drug-likeness (QED) is 0.160. The van der Waals surface area contributed by atoms with Crippen LogP contribution in [0.2, 0.25) is 0 Å². The van der Waals surface area contributed by atoms with Crippen LogP contribution >= 0.6 is 0 Å². The summed E-state index contributed by atoms with van der Waals surface area (Å²) in [4.78, 5) is 5.34. The molecule has 63 heavy (non-hydrogen) atoms. The molecule has 3 aliphatic carbocycles. The molecular weight excluding hydrogens is 769 g/mol. The topological polar surface area (TPSA) is 39.8 Å². The highest BCUT2D eigenvalue weighted by atomic mass is 16.5. The molecule has 0 saturated heterocycles. The van der Waals surface area contributed by atoms with Crippen LogP contribution in [0, 0.1) is 5.92 Å². The molecule has 0 saturated carbocycles. The van der Waals surface area contributed by atoms with Crippen LogP contribution in [0.4, 0.5) is 11.4 Å². The van der Waals surface area contributed by atoms with Crippen molar-refractivity contribution in [1.29, 1.82) is 0 Å². The molecule has 0 aromatic heterocycles. The van der Waals surface area contributed by atoms with Crippen molar-refractivity contribution in [3.8, 4) is 5.75 Å². The third kappa shape index (κ3) is 6.33. The molecule has 0 amide bonds. The zero-order chi connectivity index (χ0) is 41.9. The van der Waals surface area contributed by atoms with E-state index in [0.29, 0.717) is 0 Å². The van der Waals surface area contributed by atoms with Crippen molar-refractivity contribution in [3.05, 3.63) is 251 Å². The summed E-state index contributed by atoms with van der Waals surface area (Å²) >= 11 is 0. The Morgan fingerprint density at radius 1 is 0.698 bits per heavy atom. The van der Waals surface area contributed by atoms with Gasteiger partial charge in [0.25, 0.3) is 0 Å². The van der Waals surface area contributed by atoms with E-state index in [1.54, 1.807) is 0 Å². The number of allylic oxidation sites excluding steroid dienone is 5. The first-order chi connectivity index (χ1) is 31.2. The molecule has 308 valence electrons. The van der Waals surface area contributed by atoms with Gasteiger partial charge in [-0.1, -0.05) is 176 Å². The van der Waals surface area contributed by atoms with Crippen molar-refractivity contribution in [2.45, 2.75) is 55.7 Å². The fourth-order valence-corrected chi connectivity index (χ4v) is 11.2. The van der Waals surface area contributed by atoms with Crippen LogP contribution in [-0.2, 0) is 0 Å². The number of anilines is 2. The smallest absolute Gasteiger partial charge is 0.128 e. The molecule has 7 aliphatic rings. The summed E-state index contributed by atoms with van der Waals surface area (Å²) in [6.07, 6.45) is 33.2. The first-order valence-electron chi connectivity index (χ1n) is 22.6. The Morgan fingerprint density at radius 3 is 2.37 bits per heavy atom. The molecule has 2 N–H and O–H groups in total. The Hall–Kier alpha value is -7.08. The highest BCUT2D eigenvalue weighted by molar-refractivity contribution is 5.95. The van der Waals surface area contributed by atoms with Gasteiger partial charge in [-0.15, -0.1) is 0 Å². The van der Waals surface area contributed by atoms with E-state index >= 15 is 0 Å². The number of hydrogen-bond acceptors (Lipinski definition) is 5. The Balaban J connectivity index is 0.960. The average molecular weight is 819 g/mol. The molecule has 5 nitrogen and oxygen atoms in total. The monoisotopic (exact) mass is 818 g/mol. The zero-order valence-corrected chi connectivity index (χ0v) is 35.3. The van der Waals surface area contributed by atoms with Crippen LogP contribution in [0.1, 0.15) is 64.9 Å². The van der Waals surface area contributed by atoms with Crippen LogP contribution in [-0.4, -0.2) is 24.2 Å². The number of ether oxygens (including phenoxy) is 1. The van der Waals surface area contributed by atoms with E-state index < -0.39 is 0 Å². The van der Waals surface area contributed by atoms with Crippen LogP contribution in [0.5, 0.6) is 5.75 Å². The normalized spacial score (nSPS) is 27.3. The van der Waals surface area contributed by atoms with Crippen LogP contribution in [0.15, 0.2) is 218 Å². The number of para-hydroxylation sites is 3. The van der Waals surface area contributed by atoms with Crippen LogP contribution in [0.25, 0.3) is 17.5 Å². The predicted molar refractivity (Wildman–Crippen MR) is 259 cm³/mol. The van der Waals surface area contributed by atoms with E-state index in [-0.39, 0.29) is 48.3 Å². The van der Waals surface area contributed by atoms with Crippen LogP contribution in [0.3, 0.4) is 0 Å². The van der Waals surface area contributed by atoms with Gasteiger partial charge in [0.2, 0.25) is 0 Å². The largest absolute Gasteiger partial charge is 0.485 e. The van der Waals surface area contributed by atoms with E-state index in [4.69, 9.17) is 4.74 Å². The molecule has 0 bridgehead atoms. The Labute approximate surface area is 370 Å². The summed E-state index contributed by atoms with van der Waals surface area (Å²) in [6, 6.07) is 46.6. The summed E-state index contributed by atoms with van der Waals surface area (Å²) in [5.74, 6) is 1.40. The molecule has 5 heteroatoms. The number of rotatable bonds is 7. The molecule has 0 radical (unpaired) electrons. The molecule has 4 heterocycles. The molecule has 4 aliphatic heterocycles. The number of nitrogens with one attached hydrogen (secondary N) is 2. The lowest BCUT2D eigenvalue weighted by Crippen LogP contribution is -2.46. The molecule has 0 spiro atoms. The lowest BCUT2D eigenvalue weighted by Gasteiger charge is -2.46. The van der Waals surface area contributed by atoms with Gasteiger partial charge in [-0.25, -0.2) is 0 Å². The van der Waals surface area contributed by atoms with Crippen molar-refractivity contribution in [2.24, 2.45) is 5.92 Å². The molecule has 0 fully saturated rings. The first kappa shape index (κ1) is 37.7. The van der Waals surface area contributed by atoms with Gasteiger partial charge < -0.3 is 19.9 Å². The van der Waals surface area contributed by atoms with Gasteiger partial charge in [0.15, 0.2) is 0 Å². The summed E-state index contributed by atoms with van der Waals surface area (Å²) < 4.78 is 6.37. The van der Waals surface area contributed by atoms with E-state index in [0.717, 1.165) is 17.9 Å². The van der Waals surface area contributed by atoms with Gasteiger partial charge in [-0.2, -0.15) is 0 Å². The van der Waals surface area contributed by atoms with E-state index in [2.05, 4.69) is 240 Å². The standard InChI is InChI=1S/C58H50N4O/c1-2-3-6-31-53-56-45-24-11-14-29-51(45)61(40-21-9-5-10-22-40)57(56)46-25-12-15-30-52(46)62(53)50-32-18-26-41-42(50)27-17-28-44(41)58-59-48(38-19-7-4-8-20-38)37-49(60-58)39-34-35-55-47(36-39)43-23-13-16-33-54(43)63-55/h2-31,33-37,45,47,49-51,53,55,58-60H,32H2,1H3/b3-2-,31-6-/t45?,47?,49?,50?,51?,53-,55?,58?/m0/s1. The van der Waals surface area contributed by atoms with Crippen molar-refractivity contribution in [2.75, 3.05) is 9.80 Å². The minimum Gasteiger partial charge on any atom is -0.485 e. The predicted octanol–water partition coefficient (Wildman–Crippen LogP) is 12.1. The highest BCUT2D eigenvalue weighted by Crippen LogP contribution is 2.55. The van der Waals surface area contributed by atoms with Crippen LogP contribution < -0.4 is 25.2 Å². The third-order valence-corrected chi connectivity index (χ3v) is 14.0. The van der Waals surface area contributed by atoms with Gasteiger partial charge in [-0.05, 0) is 83.2 Å². The Morgan fingerprint density at radius 2 is 1.48 bits per heavy atom. The number of fused-ring (bicyclic) bond motifs is 8. The van der Waals surface area contributed by atoms with E-state index in [1.165, 1.54) is 61.6 Å². The van der Waals surface area contributed by atoms with E-state index in [9.17, 15) is 0 Å². The number of benzene rings is 5. The minimum atomic E-state index is -0.143. The molecule has 8 atom stereocenters. The van der Waals surface area contributed by atoms with Gasteiger partial charge in [0.05, 0.1) is 29.9 Å². The Bertz CT molecular complexity index is 2880. The number of hydrogen-bond donors (Lipinski definition) is 2. The molecule has 12 rings (SSSR count). The molecule has 5 aromatic rings. The summed E-state index contributed by atoms with van der Waals surface area (Å²) in [6.45, 7) is 2.10. The summed E-state index contributed by atoms with van der Waals surface area (Å²) in [5.41, 5.74) is 15.3. The molecule has 5 aromatic carbocycles. The number of nitrogens with zero attached hydrogens (tertiary/aromatic N) is 2. The lowest BCUT2D eigenvalue weighted by molar-refractivity contribution is 0.267. The van der Waals surface area contributed by atoms with Gasteiger partial charge >= 0.3 is 0 Å². The highest BCUT2D eigenvalue weighted by Gasteiger charge is 2.49. The molecule has 7 unspecified atom stereocenters. The van der Waals surface area contributed by atoms with Gasteiger partial charge in [-0.3, -0.25) is 5.32 Å². The first-order valence-corrected chi connectivity index (χ1v) is 22.6. The maximum atomic E-state index is 6.37. The van der Waals surface area contributed by atoms with Crippen molar-refractivity contribution in [3.63, 3.8) is 0 Å². The summed E-state index contributed by atoms with van der Waals surface area (Å²) in [7, 11) is 0. The fourth-order valence-electron chi connectivity index (χ4n) is 11.2. The minimum absolute atomic E-state index is 0.0171. The summed E-state index contributed by atoms with van der Waals surface area (Å²) in [5, 5.41) is 8.07. The SMILES string of the molecule is C/C=C\C=C/[C@H]1C2=C(c3ccccc3N1C1CC=Cc3c(C4NC(c5ccccc5)=CC(C5=CC6c7ccccc7OC6C=C5)N4)cccc31)N(c1ccccc1)C1C=CC=CC21. The second-order valence-corrected chi connectivity index (χ2v) is 17.4. The maximum absolute atomic E-state index is 6.37. The zero-order valence-electron chi connectivity index (χ0n) is 35.3. The third-order valence-electron chi connectivity index (χ3n) is 14.0. The Kier molecular flexibility index (Phi) is 9.37. The van der Waals surface area contributed by atoms with Crippen molar-refractivity contribution in [1.82, 2.24) is 10.6 Å². The lowest BCUT2D eigenvalue weighted by atomic mass is 9.79. The van der Waals surface area contributed by atoms with E-state index in [1.807, 2.05) is 0 Å². The second-order valence-electron chi connectivity index (χ2n) is 17.4. The second kappa shape index (κ2) is 15.7.